The molecule has 2 heterocycles. The second-order valence-corrected chi connectivity index (χ2v) is 5.96. The van der Waals surface area contributed by atoms with E-state index in [1.807, 2.05) is 62.6 Å². The Morgan fingerprint density at radius 1 is 1.21 bits per heavy atom. The number of aromatic nitrogens is 2. The van der Waals surface area contributed by atoms with Crippen molar-refractivity contribution in [1.29, 1.82) is 0 Å². The summed E-state index contributed by atoms with van der Waals surface area (Å²) in [6.45, 7) is 2.78. The van der Waals surface area contributed by atoms with Crippen LogP contribution in [0, 0.1) is 6.92 Å². The molecule has 0 radical (unpaired) electrons. The number of pyridine rings is 1. The van der Waals surface area contributed by atoms with Crippen molar-refractivity contribution >= 4 is 5.65 Å². The maximum Gasteiger partial charge on any atom is 0.137 e. The van der Waals surface area contributed by atoms with Crippen molar-refractivity contribution in [3.8, 4) is 5.75 Å². The molecule has 5 heteroatoms. The molecule has 1 N–H and O–H groups in total. The van der Waals surface area contributed by atoms with Gasteiger partial charge >= 0.3 is 0 Å². The standard InChI is InChI=1S/C19H23N3O2/c1-14-17(22-11-5-4-6-19(22)20-14)12-21(2)18(13-23)15-7-9-16(24-3)10-8-15/h4-11,18,23H,12-13H2,1-3H3. The molecule has 1 atom stereocenters. The maximum absolute atomic E-state index is 9.89. The van der Waals surface area contributed by atoms with Crippen LogP contribution in [0.25, 0.3) is 5.65 Å². The lowest BCUT2D eigenvalue weighted by Crippen LogP contribution is -2.27. The fraction of sp³-hybridized carbons (Fsp3) is 0.316. The Balaban J connectivity index is 1.85. The summed E-state index contributed by atoms with van der Waals surface area (Å²) in [5.41, 5.74) is 4.16. The average Bonchev–Trinajstić information content (AvgIpc) is 2.92. The molecular weight excluding hydrogens is 302 g/mol. The summed E-state index contributed by atoms with van der Waals surface area (Å²) in [4.78, 5) is 6.75. The molecule has 3 rings (SSSR count). The zero-order chi connectivity index (χ0) is 17.1. The number of imidazole rings is 1. The summed E-state index contributed by atoms with van der Waals surface area (Å²) >= 11 is 0. The smallest absolute Gasteiger partial charge is 0.137 e. The van der Waals surface area contributed by atoms with E-state index >= 15 is 0 Å². The number of benzene rings is 1. The molecule has 0 spiro atoms. The SMILES string of the molecule is COc1ccc(C(CO)N(C)Cc2c(C)nc3ccccn23)cc1. The second kappa shape index (κ2) is 7.03. The molecule has 2 aromatic heterocycles. The van der Waals surface area contributed by atoms with Crippen LogP contribution >= 0.6 is 0 Å². The Hall–Kier alpha value is -2.37. The van der Waals surface area contributed by atoms with Crippen LogP contribution in [0.1, 0.15) is 23.0 Å². The number of hydrogen-bond acceptors (Lipinski definition) is 4. The van der Waals surface area contributed by atoms with Gasteiger partial charge in [-0.3, -0.25) is 4.90 Å². The van der Waals surface area contributed by atoms with Crippen molar-refractivity contribution in [3.05, 3.63) is 65.6 Å². The average molecular weight is 325 g/mol. The molecule has 5 nitrogen and oxygen atoms in total. The molecule has 24 heavy (non-hydrogen) atoms. The van der Waals surface area contributed by atoms with E-state index in [4.69, 9.17) is 4.74 Å². The summed E-state index contributed by atoms with van der Waals surface area (Å²) in [6.07, 6.45) is 2.03. The molecule has 0 saturated carbocycles. The maximum atomic E-state index is 9.89. The summed E-state index contributed by atoms with van der Waals surface area (Å²) in [6, 6.07) is 13.8. The number of aliphatic hydroxyl groups is 1. The first kappa shape index (κ1) is 16.5. The normalized spacial score (nSPS) is 12.7. The first-order valence-corrected chi connectivity index (χ1v) is 8.01. The van der Waals surface area contributed by atoms with Crippen molar-refractivity contribution in [2.75, 3.05) is 20.8 Å². The van der Waals surface area contributed by atoms with Crippen LogP contribution < -0.4 is 4.74 Å². The number of aryl methyl sites for hydroxylation is 1. The van der Waals surface area contributed by atoms with Gasteiger partial charge in [0.25, 0.3) is 0 Å². The highest BCUT2D eigenvalue weighted by Gasteiger charge is 2.19. The predicted molar refractivity (Wildman–Crippen MR) is 94.2 cm³/mol. The number of likely N-dealkylation sites (N-methyl/N-ethyl adjacent to an activating group) is 1. The van der Waals surface area contributed by atoms with Crippen molar-refractivity contribution in [2.45, 2.75) is 19.5 Å². The van der Waals surface area contributed by atoms with Gasteiger partial charge in [-0.2, -0.15) is 0 Å². The minimum absolute atomic E-state index is 0.0542. The highest BCUT2D eigenvalue weighted by Crippen LogP contribution is 2.24. The second-order valence-electron chi connectivity index (χ2n) is 5.96. The third kappa shape index (κ3) is 3.13. The van der Waals surface area contributed by atoms with Crippen molar-refractivity contribution in [1.82, 2.24) is 14.3 Å². The Bertz CT molecular complexity index is 811. The van der Waals surface area contributed by atoms with E-state index in [1.165, 1.54) is 0 Å². The number of aliphatic hydroxyl groups excluding tert-OH is 1. The van der Waals surface area contributed by atoms with Crippen LogP contribution in [0.2, 0.25) is 0 Å². The van der Waals surface area contributed by atoms with E-state index in [-0.39, 0.29) is 12.6 Å². The van der Waals surface area contributed by atoms with Crippen LogP contribution in [-0.4, -0.2) is 40.2 Å². The Morgan fingerprint density at radius 3 is 2.62 bits per heavy atom. The van der Waals surface area contributed by atoms with Gasteiger partial charge in [0, 0.05) is 12.7 Å². The van der Waals surface area contributed by atoms with Crippen LogP contribution in [0.5, 0.6) is 5.75 Å². The molecule has 0 amide bonds. The monoisotopic (exact) mass is 325 g/mol. The fourth-order valence-corrected chi connectivity index (χ4v) is 3.03. The number of nitrogens with zero attached hydrogens (tertiary/aromatic N) is 3. The lowest BCUT2D eigenvalue weighted by atomic mass is 10.1. The molecule has 0 aliphatic heterocycles. The number of ether oxygens (including phenoxy) is 1. The number of methoxy groups -OCH3 is 1. The molecule has 0 fully saturated rings. The van der Waals surface area contributed by atoms with Gasteiger partial charge in [0.15, 0.2) is 0 Å². The van der Waals surface area contributed by atoms with Crippen LogP contribution in [0.3, 0.4) is 0 Å². The van der Waals surface area contributed by atoms with Gasteiger partial charge < -0.3 is 14.2 Å². The van der Waals surface area contributed by atoms with E-state index in [2.05, 4.69) is 14.3 Å². The molecule has 0 aliphatic rings. The van der Waals surface area contributed by atoms with Crippen LogP contribution in [0.4, 0.5) is 0 Å². The Kier molecular flexibility index (Phi) is 4.83. The van der Waals surface area contributed by atoms with Crippen molar-refractivity contribution in [3.63, 3.8) is 0 Å². The molecule has 1 unspecified atom stereocenters. The van der Waals surface area contributed by atoms with Gasteiger partial charge in [-0.25, -0.2) is 4.98 Å². The number of hydrogen-bond donors (Lipinski definition) is 1. The summed E-state index contributed by atoms with van der Waals surface area (Å²) in [5, 5.41) is 9.89. The fourth-order valence-electron chi connectivity index (χ4n) is 3.03. The first-order valence-electron chi connectivity index (χ1n) is 8.01. The van der Waals surface area contributed by atoms with Gasteiger partial charge in [-0.15, -0.1) is 0 Å². The minimum atomic E-state index is -0.0791. The lowest BCUT2D eigenvalue weighted by Gasteiger charge is -2.27. The Labute approximate surface area is 142 Å². The highest BCUT2D eigenvalue weighted by molar-refractivity contribution is 5.42. The van der Waals surface area contributed by atoms with Gasteiger partial charge in [0.05, 0.1) is 31.1 Å². The summed E-state index contributed by atoms with van der Waals surface area (Å²) in [7, 11) is 3.67. The third-order valence-electron chi connectivity index (χ3n) is 4.43. The molecule has 0 bridgehead atoms. The van der Waals surface area contributed by atoms with Gasteiger partial charge in [-0.05, 0) is 43.8 Å². The first-order chi connectivity index (χ1) is 11.6. The van der Waals surface area contributed by atoms with Crippen molar-refractivity contribution in [2.24, 2.45) is 0 Å². The van der Waals surface area contributed by atoms with E-state index in [0.717, 1.165) is 28.3 Å². The van der Waals surface area contributed by atoms with E-state index in [0.29, 0.717) is 6.54 Å². The summed E-state index contributed by atoms with van der Waals surface area (Å²) in [5.74, 6) is 0.815. The molecule has 3 aromatic rings. The minimum Gasteiger partial charge on any atom is -0.497 e. The lowest BCUT2D eigenvalue weighted by molar-refractivity contribution is 0.141. The molecular formula is C19H23N3O2. The zero-order valence-corrected chi connectivity index (χ0v) is 14.3. The predicted octanol–water partition coefficient (Wildman–Crippen LogP) is 2.82. The molecule has 0 aliphatic carbocycles. The molecule has 1 aromatic carbocycles. The third-order valence-corrected chi connectivity index (χ3v) is 4.43. The molecule has 0 saturated heterocycles. The van der Waals surface area contributed by atoms with E-state index in [1.54, 1.807) is 7.11 Å². The summed E-state index contributed by atoms with van der Waals surface area (Å²) < 4.78 is 7.31. The largest absolute Gasteiger partial charge is 0.497 e. The van der Waals surface area contributed by atoms with E-state index in [9.17, 15) is 5.11 Å². The number of fused-ring (bicyclic) bond motifs is 1. The zero-order valence-electron chi connectivity index (χ0n) is 14.3. The highest BCUT2D eigenvalue weighted by atomic mass is 16.5. The molecule has 126 valence electrons. The van der Waals surface area contributed by atoms with Crippen LogP contribution in [0.15, 0.2) is 48.7 Å². The van der Waals surface area contributed by atoms with Crippen LogP contribution in [-0.2, 0) is 6.54 Å². The number of rotatable bonds is 6. The van der Waals surface area contributed by atoms with Crippen molar-refractivity contribution < 1.29 is 9.84 Å². The van der Waals surface area contributed by atoms with Gasteiger partial charge in [0.1, 0.15) is 11.4 Å². The van der Waals surface area contributed by atoms with E-state index < -0.39 is 0 Å². The van der Waals surface area contributed by atoms with Gasteiger partial charge in [0.2, 0.25) is 0 Å². The topological polar surface area (TPSA) is 50.0 Å². The quantitative estimate of drug-likeness (QED) is 0.757. The Morgan fingerprint density at radius 2 is 1.96 bits per heavy atom. The van der Waals surface area contributed by atoms with Gasteiger partial charge in [-0.1, -0.05) is 18.2 Å².